The SMILES string of the molecule is N=C(NO)c1ccc(OCCCCCOc2ccc(-c3nc(N4CCOCC4)sc3N3CCOCC3)cc2)cc1. The zero-order chi connectivity index (χ0) is 27.6. The van der Waals surface area contributed by atoms with Gasteiger partial charge in [0.1, 0.15) is 28.0 Å². The van der Waals surface area contributed by atoms with Gasteiger partial charge in [0.15, 0.2) is 5.13 Å². The molecular weight excluding hydrogens is 530 g/mol. The number of anilines is 2. The van der Waals surface area contributed by atoms with Crippen LogP contribution in [0.2, 0.25) is 0 Å². The minimum absolute atomic E-state index is 0.0417. The van der Waals surface area contributed by atoms with Crippen molar-refractivity contribution in [2.75, 3.05) is 75.6 Å². The number of hydrogen-bond donors (Lipinski definition) is 3. The van der Waals surface area contributed by atoms with Crippen LogP contribution in [0.3, 0.4) is 0 Å². The van der Waals surface area contributed by atoms with Gasteiger partial charge < -0.3 is 28.7 Å². The van der Waals surface area contributed by atoms with Crippen LogP contribution in [0.4, 0.5) is 10.1 Å². The lowest BCUT2D eigenvalue weighted by Gasteiger charge is -2.28. The molecule has 10 nitrogen and oxygen atoms in total. The van der Waals surface area contributed by atoms with E-state index in [-0.39, 0.29) is 5.84 Å². The lowest BCUT2D eigenvalue weighted by atomic mass is 10.1. The zero-order valence-electron chi connectivity index (χ0n) is 22.6. The molecule has 0 bridgehead atoms. The van der Waals surface area contributed by atoms with Gasteiger partial charge in [-0.25, -0.2) is 4.98 Å². The summed E-state index contributed by atoms with van der Waals surface area (Å²) in [4.78, 5) is 9.80. The number of aromatic nitrogens is 1. The molecule has 2 aromatic carbocycles. The first kappa shape index (κ1) is 28.2. The standard InChI is InChI=1S/C29H37N5O5S/c30-27(32-35)23-6-10-25(11-7-23)39-17-3-1-2-16-38-24-8-4-22(5-9-24)26-28(33-12-18-36-19-13-33)40-29(31-26)34-14-20-37-21-15-34/h4-11,35H,1-3,12-21H2,(H2,30,32). The van der Waals surface area contributed by atoms with Crippen LogP contribution in [0, 0.1) is 5.41 Å². The third kappa shape index (κ3) is 7.42. The van der Waals surface area contributed by atoms with Crippen LogP contribution in [-0.4, -0.2) is 81.8 Å². The van der Waals surface area contributed by atoms with Crippen molar-refractivity contribution < 1.29 is 24.2 Å². The van der Waals surface area contributed by atoms with Crippen LogP contribution < -0.4 is 24.8 Å². The highest BCUT2D eigenvalue weighted by molar-refractivity contribution is 7.20. The van der Waals surface area contributed by atoms with E-state index in [9.17, 15) is 0 Å². The fourth-order valence-corrected chi connectivity index (χ4v) is 5.81. The molecule has 0 spiro atoms. The number of rotatable bonds is 12. The molecule has 0 aliphatic carbocycles. The van der Waals surface area contributed by atoms with E-state index in [0.717, 1.165) is 99.8 Å². The third-order valence-electron chi connectivity index (χ3n) is 6.89. The highest BCUT2D eigenvalue weighted by atomic mass is 32.1. The molecule has 11 heteroatoms. The van der Waals surface area contributed by atoms with Gasteiger partial charge in [0.2, 0.25) is 0 Å². The van der Waals surface area contributed by atoms with Crippen molar-refractivity contribution in [3.05, 3.63) is 54.1 Å². The van der Waals surface area contributed by atoms with Gasteiger partial charge in [0, 0.05) is 37.3 Å². The average molecular weight is 568 g/mol. The first-order valence-electron chi connectivity index (χ1n) is 13.8. The predicted octanol–water partition coefficient (Wildman–Crippen LogP) is 4.42. The van der Waals surface area contributed by atoms with Crippen LogP contribution in [0.5, 0.6) is 11.5 Å². The highest BCUT2D eigenvalue weighted by Crippen LogP contribution is 2.41. The highest BCUT2D eigenvalue weighted by Gasteiger charge is 2.24. The van der Waals surface area contributed by atoms with Crippen molar-refractivity contribution >= 4 is 27.3 Å². The Bertz CT molecular complexity index is 1210. The Balaban J connectivity index is 1.09. The second-order valence-corrected chi connectivity index (χ2v) is 10.6. The number of ether oxygens (including phenoxy) is 4. The number of morpholine rings is 2. The minimum Gasteiger partial charge on any atom is -0.494 e. The van der Waals surface area contributed by atoms with Gasteiger partial charge >= 0.3 is 0 Å². The third-order valence-corrected chi connectivity index (χ3v) is 8.06. The van der Waals surface area contributed by atoms with Gasteiger partial charge in [0.05, 0.1) is 39.6 Å². The molecule has 0 unspecified atom stereocenters. The summed E-state index contributed by atoms with van der Waals surface area (Å²) in [6.45, 7) is 7.74. The molecule has 1 aromatic heterocycles. The van der Waals surface area contributed by atoms with E-state index in [4.69, 9.17) is 34.5 Å². The molecule has 3 N–H and O–H groups in total. The van der Waals surface area contributed by atoms with Crippen LogP contribution in [-0.2, 0) is 9.47 Å². The Morgan fingerprint density at radius 2 is 1.38 bits per heavy atom. The molecule has 3 aromatic rings. The number of unbranched alkanes of at least 4 members (excludes halogenated alkanes) is 2. The molecule has 0 saturated carbocycles. The molecule has 40 heavy (non-hydrogen) atoms. The van der Waals surface area contributed by atoms with E-state index in [1.165, 1.54) is 5.00 Å². The van der Waals surface area contributed by atoms with Crippen molar-refractivity contribution in [2.24, 2.45) is 0 Å². The molecule has 214 valence electrons. The maximum Gasteiger partial charge on any atom is 0.188 e. The molecule has 0 amide bonds. The largest absolute Gasteiger partial charge is 0.494 e. The van der Waals surface area contributed by atoms with Crippen molar-refractivity contribution in [2.45, 2.75) is 19.3 Å². The van der Waals surface area contributed by atoms with E-state index < -0.39 is 0 Å². The van der Waals surface area contributed by atoms with E-state index in [1.54, 1.807) is 35.6 Å². The molecule has 3 heterocycles. The number of hydroxylamine groups is 1. The molecule has 5 rings (SSSR count). The quantitative estimate of drug-likeness (QED) is 0.127. The molecule has 2 aliphatic rings. The number of nitrogens with zero attached hydrogens (tertiary/aromatic N) is 3. The molecule has 0 atom stereocenters. The van der Waals surface area contributed by atoms with Crippen molar-refractivity contribution in [3.63, 3.8) is 0 Å². The number of thiazole rings is 1. The van der Waals surface area contributed by atoms with Crippen LogP contribution >= 0.6 is 11.3 Å². The van der Waals surface area contributed by atoms with Crippen LogP contribution in [0.25, 0.3) is 11.3 Å². The van der Waals surface area contributed by atoms with Gasteiger partial charge in [-0.2, -0.15) is 0 Å². The fraction of sp³-hybridized carbons (Fsp3) is 0.448. The van der Waals surface area contributed by atoms with Crippen molar-refractivity contribution in [1.82, 2.24) is 10.5 Å². The zero-order valence-corrected chi connectivity index (χ0v) is 23.5. The summed E-state index contributed by atoms with van der Waals surface area (Å²) in [6, 6.07) is 15.3. The lowest BCUT2D eigenvalue weighted by molar-refractivity contribution is 0.122. The Morgan fingerprint density at radius 1 is 0.825 bits per heavy atom. The Kier molecular flexibility index (Phi) is 10.1. The Morgan fingerprint density at radius 3 is 1.95 bits per heavy atom. The Hall–Kier alpha value is -3.38. The maximum atomic E-state index is 8.80. The van der Waals surface area contributed by atoms with Gasteiger partial charge in [0.25, 0.3) is 0 Å². The summed E-state index contributed by atoms with van der Waals surface area (Å²) >= 11 is 1.76. The normalized spacial score (nSPS) is 15.6. The molecule has 0 radical (unpaired) electrons. The predicted molar refractivity (Wildman–Crippen MR) is 157 cm³/mol. The van der Waals surface area contributed by atoms with Gasteiger partial charge in [-0.15, -0.1) is 0 Å². The molecular formula is C29H37N5O5S. The summed E-state index contributed by atoms with van der Waals surface area (Å²) in [5, 5.41) is 18.6. The van der Waals surface area contributed by atoms with Gasteiger partial charge in [-0.05, 0) is 67.8 Å². The smallest absolute Gasteiger partial charge is 0.188 e. The monoisotopic (exact) mass is 567 g/mol. The van der Waals surface area contributed by atoms with Crippen molar-refractivity contribution in [3.8, 4) is 22.8 Å². The number of amidine groups is 1. The second-order valence-electron chi connectivity index (χ2n) is 9.64. The molecule has 2 saturated heterocycles. The maximum absolute atomic E-state index is 8.80. The average Bonchev–Trinajstić information content (AvgIpc) is 3.47. The lowest BCUT2D eigenvalue weighted by Crippen LogP contribution is -2.36. The molecule has 2 fully saturated rings. The van der Waals surface area contributed by atoms with Crippen molar-refractivity contribution in [1.29, 1.82) is 5.41 Å². The minimum atomic E-state index is -0.0417. The second kappa shape index (κ2) is 14.3. The topological polar surface area (TPSA) is 112 Å². The number of hydrogen-bond acceptors (Lipinski definition) is 10. The summed E-state index contributed by atoms with van der Waals surface area (Å²) in [5.41, 5.74) is 4.56. The number of benzene rings is 2. The summed E-state index contributed by atoms with van der Waals surface area (Å²) in [5.74, 6) is 1.57. The Labute approximate surface area is 238 Å². The molecule has 2 aliphatic heterocycles. The summed E-state index contributed by atoms with van der Waals surface area (Å²) < 4.78 is 22.9. The van der Waals surface area contributed by atoms with Crippen LogP contribution in [0.15, 0.2) is 48.5 Å². The van der Waals surface area contributed by atoms with Gasteiger partial charge in [-0.3, -0.25) is 16.1 Å². The fourth-order valence-electron chi connectivity index (χ4n) is 4.61. The van der Waals surface area contributed by atoms with E-state index in [2.05, 4.69) is 21.9 Å². The van der Waals surface area contributed by atoms with E-state index >= 15 is 0 Å². The van der Waals surface area contributed by atoms with Gasteiger partial charge in [-0.1, -0.05) is 11.3 Å². The van der Waals surface area contributed by atoms with E-state index in [0.29, 0.717) is 18.8 Å². The summed E-state index contributed by atoms with van der Waals surface area (Å²) in [7, 11) is 0. The number of nitrogens with one attached hydrogen (secondary N) is 2. The first-order chi connectivity index (χ1) is 19.7. The van der Waals surface area contributed by atoms with Crippen LogP contribution in [0.1, 0.15) is 24.8 Å². The summed E-state index contributed by atoms with van der Waals surface area (Å²) in [6.07, 6.45) is 2.87. The first-order valence-corrected chi connectivity index (χ1v) is 14.6. The van der Waals surface area contributed by atoms with E-state index in [1.807, 2.05) is 17.6 Å².